The van der Waals surface area contributed by atoms with E-state index in [-0.39, 0.29) is 27.2 Å². The monoisotopic (exact) mass is 1860 g/mol. The van der Waals surface area contributed by atoms with Gasteiger partial charge in [-0.3, -0.25) is 0 Å². The third-order valence-corrected chi connectivity index (χ3v) is 32.3. The second-order valence-corrected chi connectivity index (χ2v) is 41.2. The number of benzene rings is 21. The van der Waals surface area contributed by atoms with Crippen molar-refractivity contribution in [2.45, 2.75) is 157 Å². The molecule has 10 heteroatoms. The predicted molar refractivity (Wildman–Crippen MR) is 557 cm³/mol. The fourth-order valence-corrected chi connectivity index (χ4v) is 26.6. The van der Waals surface area contributed by atoms with Gasteiger partial charge >= 0.3 is 0 Å². The summed E-state index contributed by atoms with van der Waals surface area (Å²) in [6.07, 6.45) is 5.73. The second-order valence-electron chi connectivity index (χ2n) is 39.4. The molecule has 2 aliphatic carbocycles. The topological polar surface area (TPSA) is 73.8 Å². The lowest BCUT2D eigenvalue weighted by molar-refractivity contribution is -0.203. The zero-order chi connectivity index (χ0) is 90.8. The number of aryl methyl sites for hydroxylation is 12. The summed E-state index contributed by atoms with van der Waals surface area (Å²) >= 11 is 7.42. The minimum absolute atomic E-state index is 0.156. The van der Waals surface area contributed by atoms with Gasteiger partial charge in [0.05, 0.1) is 22.4 Å². The van der Waals surface area contributed by atoms with Crippen LogP contribution in [0.3, 0.4) is 0 Å². The standard InChI is InChI=1S/C122H108Br2O8/c1-65-41-69(5)103(70(6)42-65)81-53-95-91-49-79(77-17-21-85(22-18-77)119(129-61-125-13)33-37-121(38-34-119,131-63-127-15)87-25-29-89(123)30-26-87)50-92-97-55-83(105-73(9)45-67(3)46-74(105)10)59-101-102-60-84(106-75(11)47-68(4)48-76(106)12)56-98-94-52-80(78-19-23-86(24-20-78)120(130-62-126-14)35-39-122(40-36-120,132-64-128-16)88-27-31-90(124)32-28-88)51-93-96-54-82(104-71(7)43-66(2)44-72(104)8)58-100-99(57-81)109(95)115-113(107(91)92)117(111(97)101)118(112(98)102)114(108(93)94)116(115)110(96)100/h17-32,41-60H,33-40,61-64H2,1-16H3. The number of rotatable bonds is 22. The number of halogens is 2. The zero-order valence-electron chi connectivity index (χ0n) is 78.3. The molecule has 0 radical (unpaired) electrons. The summed E-state index contributed by atoms with van der Waals surface area (Å²) in [6.45, 7) is 28.3. The first-order chi connectivity index (χ1) is 63.8. The van der Waals surface area contributed by atoms with Gasteiger partial charge in [-0.15, -0.1) is 0 Å². The van der Waals surface area contributed by atoms with Crippen molar-refractivity contribution in [2.75, 3.05) is 55.6 Å². The van der Waals surface area contributed by atoms with Crippen LogP contribution < -0.4 is 0 Å². The predicted octanol–water partition coefficient (Wildman–Crippen LogP) is 33.2. The Morgan fingerprint density at radius 3 is 0.523 bits per heavy atom. The average Bonchev–Trinajstić information content (AvgIpc) is 0.638. The fraction of sp³-hybridized carbons (Fsp3) is 0.262. The van der Waals surface area contributed by atoms with Crippen LogP contribution in [0.25, 0.3) is 196 Å². The molecular weight excluding hydrogens is 1750 g/mol. The maximum atomic E-state index is 7.07. The molecule has 0 aromatic heterocycles. The molecule has 21 aromatic carbocycles. The van der Waals surface area contributed by atoms with Crippen molar-refractivity contribution in [2.24, 2.45) is 0 Å². The summed E-state index contributed by atoms with van der Waals surface area (Å²) < 4.78 is 52.8. The van der Waals surface area contributed by atoms with Crippen molar-refractivity contribution >= 4 is 161 Å². The molecule has 0 amide bonds. The molecule has 2 fully saturated rings. The number of hydrogen-bond acceptors (Lipinski definition) is 8. The van der Waals surface area contributed by atoms with Crippen LogP contribution in [0.2, 0.25) is 0 Å². The van der Waals surface area contributed by atoms with Crippen LogP contribution in [0.1, 0.15) is 140 Å². The zero-order valence-corrected chi connectivity index (χ0v) is 81.5. The summed E-state index contributed by atoms with van der Waals surface area (Å²) in [5.41, 5.74) is 31.8. The van der Waals surface area contributed by atoms with Crippen molar-refractivity contribution in [1.29, 1.82) is 0 Å². The lowest BCUT2D eigenvalue weighted by atomic mass is 9.70. The second kappa shape index (κ2) is 31.8. The Bertz CT molecular complexity index is 7300. The van der Waals surface area contributed by atoms with Gasteiger partial charge in [0.15, 0.2) is 0 Å². The average molecular weight is 1860 g/mol. The maximum Gasteiger partial charge on any atom is 0.147 e. The third-order valence-electron chi connectivity index (χ3n) is 31.2. The van der Waals surface area contributed by atoms with Crippen molar-refractivity contribution in [3.8, 4) is 66.8 Å². The van der Waals surface area contributed by atoms with Crippen molar-refractivity contribution in [1.82, 2.24) is 0 Å². The lowest BCUT2D eigenvalue weighted by Crippen LogP contribution is -2.43. The highest BCUT2D eigenvalue weighted by molar-refractivity contribution is 9.10. The molecule has 0 saturated heterocycles. The van der Waals surface area contributed by atoms with Crippen molar-refractivity contribution in [3.05, 3.63) is 316 Å². The van der Waals surface area contributed by atoms with Gasteiger partial charge in [-0.25, -0.2) is 0 Å². The molecule has 658 valence electrons. The Hall–Kier alpha value is -11.1. The smallest absolute Gasteiger partial charge is 0.147 e. The molecule has 0 spiro atoms. The molecule has 132 heavy (non-hydrogen) atoms. The van der Waals surface area contributed by atoms with Crippen LogP contribution in [0.5, 0.6) is 0 Å². The molecule has 0 aliphatic heterocycles. The van der Waals surface area contributed by atoms with Gasteiger partial charge in [0.2, 0.25) is 0 Å². The minimum Gasteiger partial charge on any atom is -0.359 e. The fourth-order valence-electron chi connectivity index (χ4n) is 26.0. The van der Waals surface area contributed by atoms with E-state index in [0.29, 0.717) is 25.7 Å². The molecule has 0 bridgehead atoms. The summed E-state index contributed by atoms with van der Waals surface area (Å²) in [5.74, 6) is 0. The van der Waals surface area contributed by atoms with E-state index in [0.717, 1.165) is 79.1 Å². The Balaban J connectivity index is 0.860. The van der Waals surface area contributed by atoms with Gasteiger partial charge in [-0.05, 0) is 494 Å². The number of fused-ring (bicyclic) bond motifs is 6. The van der Waals surface area contributed by atoms with Gasteiger partial charge in [-0.1, -0.05) is 175 Å². The molecule has 2 aliphatic rings. The van der Waals surface area contributed by atoms with Crippen LogP contribution >= 0.6 is 31.9 Å². The molecular formula is C122H108Br2O8. The highest BCUT2D eigenvalue weighted by atomic mass is 79.9. The maximum absolute atomic E-state index is 7.07. The van der Waals surface area contributed by atoms with Crippen LogP contribution in [-0.4, -0.2) is 55.6 Å². The number of ether oxygens (including phenoxy) is 8. The molecule has 8 nitrogen and oxygen atoms in total. The first-order valence-electron chi connectivity index (χ1n) is 46.8. The molecule has 0 N–H and O–H groups in total. The van der Waals surface area contributed by atoms with Gasteiger partial charge in [0.25, 0.3) is 0 Å². The number of methoxy groups -OCH3 is 4. The van der Waals surface area contributed by atoms with Gasteiger partial charge in [0.1, 0.15) is 27.2 Å². The van der Waals surface area contributed by atoms with Crippen LogP contribution in [0.15, 0.2) is 227 Å². The Kier molecular flexibility index (Phi) is 20.5. The van der Waals surface area contributed by atoms with Gasteiger partial charge < -0.3 is 37.9 Å². The van der Waals surface area contributed by atoms with Crippen LogP contribution in [-0.2, 0) is 60.3 Å². The quantitative estimate of drug-likeness (QED) is 0.0378. The first kappa shape index (κ1) is 85.2. The molecule has 0 atom stereocenters. The summed E-state index contributed by atoms with van der Waals surface area (Å²) in [4.78, 5) is 0. The Morgan fingerprint density at radius 2 is 0.356 bits per heavy atom. The molecule has 0 unspecified atom stereocenters. The normalized spacial score (nSPS) is 18.3. The summed E-state index contributed by atoms with van der Waals surface area (Å²) in [7, 11) is 6.86. The lowest BCUT2D eigenvalue weighted by Gasteiger charge is -2.46. The molecule has 2 saturated carbocycles. The van der Waals surface area contributed by atoms with E-state index in [2.05, 4.69) is 333 Å². The summed E-state index contributed by atoms with van der Waals surface area (Å²) in [5, 5.41) is 31.0. The highest BCUT2D eigenvalue weighted by Gasteiger charge is 2.49. The highest BCUT2D eigenvalue weighted by Crippen LogP contribution is 2.64. The van der Waals surface area contributed by atoms with E-state index in [9.17, 15) is 0 Å². The van der Waals surface area contributed by atoms with Crippen LogP contribution in [0, 0.1) is 83.1 Å². The van der Waals surface area contributed by atoms with E-state index in [4.69, 9.17) is 37.9 Å². The van der Waals surface area contributed by atoms with E-state index in [1.807, 2.05) is 0 Å². The minimum atomic E-state index is -0.656. The van der Waals surface area contributed by atoms with E-state index in [1.54, 1.807) is 28.4 Å². The number of hydrogen-bond donors (Lipinski definition) is 0. The van der Waals surface area contributed by atoms with Crippen molar-refractivity contribution in [3.63, 3.8) is 0 Å². The molecule has 0 heterocycles. The molecule has 23 rings (SSSR count). The van der Waals surface area contributed by atoms with Crippen molar-refractivity contribution < 1.29 is 37.9 Å². The van der Waals surface area contributed by atoms with Gasteiger partial charge in [0, 0.05) is 37.4 Å². The van der Waals surface area contributed by atoms with Gasteiger partial charge in [-0.2, -0.15) is 0 Å². The SMILES string of the molecule is COCOC1(c2ccc(Br)cc2)CCC(OCOC)(c2ccc(-c3cc4c5cc(-c6c(C)cc(C)cc6C)cc6c7cc(-c8c(C)cc(C)cc8C)cc8c9cc(-c%10ccc(C%11(OCOC)CCC(OCOC)(c%12ccc(Br)cc%12)CC%11)cc%10)cc%10c%11cc(-c%12c(C)cc(C)cc%12C)cc%12c%13cc(-c%14c(C)cc(C)cc%14C)cc%14c(c3)c4c3c(c56)c(c87)c(c9%10)c(c%11%12)c3c%14%13)cc2)CC1. The molecule has 21 aromatic rings. The van der Waals surface area contributed by atoms with E-state index >= 15 is 0 Å². The first-order valence-corrected chi connectivity index (χ1v) is 48.4. The van der Waals surface area contributed by atoms with E-state index in [1.165, 1.54) is 241 Å². The third kappa shape index (κ3) is 13.0. The largest absolute Gasteiger partial charge is 0.359 e. The van der Waals surface area contributed by atoms with Crippen LogP contribution in [0.4, 0.5) is 0 Å². The Morgan fingerprint density at radius 1 is 0.197 bits per heavy atom. The summed E-state index contributed by atoms with van der Waals surface area (Å²) in [6, 6.07) is 86.6. The Labute approximate surface area is 788 Å². The van der Waals surface area contributed by atoms with E-state index < -0.39 is 22.4 Å².